The molecule has 0 radical (unpaired) electrons. The third kappa shape index (κ3) is 2.86. The van der Waals surface area contributed by atoms with Crippen LogP contribution in [0, 0.1) is 11.7 Å². The maximum atomic E-state index is 13.7. The van der Waals surface area contributed by atoms with E-state index in [1.165, 1.54) is 23.1 Å². The Kier molecular flexibility index (Phi) is 4.17. The molecule has 1 fully saturated rings. The van der Waals surface area contributed by atoms with Crippen molar-refractivity contribution in [1.82, 2.24) is 4.90 Å². The molecule has 2 atom stereocenters. The van der Waals surface area contributed by atoms with Gasteiger partial charge in [0.25, 0.3) is 0 Å². The lowest BCUT2D eigenvalue weighted by Crippen LogP contribution is -2.57. The largest absolute Gasteiger partial charge is 0.337 e. The lowest BCUT2D eigenvalue weighted by molar-refractivity contribution is -0.158. The van der Waals surface area contributed by atoms with Gasteiger partial charge in [-0.2, -0.15) is 0 Å². The first-order valence-electron chi connectivity index (χ1n) is 7.06. The van der Waals surface area contributed by atoms with Crippen LogP contribution in [0.2, 0.25) is 0 Å². The SMILES string of the molecule is CN1C(=O)C(C(=O)Nc2ccccc2F)C1c1cccc(Br)c1. The molecule has 1 aliphatic rings. The summed E-state index contributed by atoms with van der Waals surface area (Å²) in [5, 5.41) is 2.50. The number of anilines is 1. The van der Waals surface area contributed by atoms with Gasteiger partial charge in [0.15, 0.2) is 0 Å². The standard InChI is InChI=1S/C17H14BrFN2O2/c1-21-15(10-5-4-6-11(18)9-10)14(17(21)23)16(22)20-13-8-3-2-7-12(13)19/h2-9,14-15H,1H3,(H,20,22). The smallest absolute Gasteiger partial charge is 0.239 e. The van der Waals surface area contributed by atoms with Gasteiger partial charge in [-0.25, -0.2) is 4.39 Å². The molecule has 4 nitrogen and oxygen atoms in total. The molecule has 0 bridgehead atoms. The van der Waals surface area contributed by atoms with E-state index in [9.17, 15) is 14.0 Å². The number of para-hydroxylation sites is 1. The van der Waals surface area contributed by atoms with Crippen molar-refractivity contribution in [2.45, 2.75) is 6.04 Å². The van der Waals surface area contributed by atoms with Crippen LogP contribution in [-0.2, 0) is 9.59 Å². The Labute approximate surface area is 141 Å². The summed E-state index contributed by atoms with van der Waals surface area (Å²) >= 11 is 3.39. The number of amides is 2. The highest BCUT2D eigenvalue weighted by molar-refractivity contribution is 9.10. The van der Waals surface area contributed by atoms with Crippen LogP contribution < -0.4 is 5.32 Å². The fourth-order valence-electron chi connectivity index (χ4n) is 2.77. The summed E-state index contributed by atoms with van der Waals surface area (Å²) in [5.41, 5.74) is 0.933. The zero-order valence-electron chi connectivity index (χ0n) is 12.3. The lowest BCUT2D eigenvalue weighted by atomic mass is 9.82. The number of hydrogen-bond acceptors (Lipinski definition) is 2. The number of β-lactam (4-membered cyclic amide) rings is 1. The summed E-state index contributed by atoms with van der Waals surface area (Å²) in [6.07, 6.45) is 0. The molecular formula is C17H14BrFN2O2. The topological polar surface area (TPSA) is 49.4 Å². The fourth-order valence-corrected chi connectivity index (χ4v) is 3.19. The third-order valence-corrected chi connectivity index (χ3v) is 4.44. The Morgan fingerprint density at radius 2 is 1.96 bits per heavy atom. The van der Waals surface area contributed by atoms with Crippen molar-refractivity contribution in [1.29, 1.82) is 0 Å². The molecule has 3 rings (SSSR count). The number of carbonyl (C=O) groups is 2. The van der Waals surface area contributed by atoms with Crippen molar-refractivity contribution in [3.8, 4) is 0 Å². The van der Waals surface area contributed by atoms with Crippen molar-refractivity contribution in [3.63, 3.8) is 0 Å². The average Bonchev–Trinajstić information content (AvgIpc) is 2.53. The quantitative estimate of drug-likeness (QED) is 0.659. The first kappa shape index (κ1) is 15.7. The summed E-state index contributed by atoms with van der Waals surface area (Å²) in [6, 6.07) is 13.0. The molecule has 1 saturated heterocycles. The van der Waals surface area contributed by atoms with E-state index >= 15 is 0 Å². The molecule has 2 aromatic carbocycles. The van der Waals surface area contributed by atoms with Gasteiger partial charge in [-0.3, -0.25) is 9.59 Å². The number of benzene rings is 2. The summed E-state index contributed by atoms with van der Waals surface area (Å²) in [6.45, 7) is 0. The van der Waals surface area contributed by atoms with E-state index in [0.717, 1.165) is 10.0 Å². The molecule has 0 saturated carbocycles. The second-order valence-electron chi connectivity index (χ2n) is 5.40. The van der Waals surface area contributed by atoms with Gasteiger partial charge in [-0.05, 0) is 29.8 Å². The predicted octanol–water partition coefficient (Wildman–Crippen LogP) is 3.36. The Hall–Kier alpha value is -2.21. The Bertz CT molecular complexity index is 781. The lowest BCUT2D eigenvalue weighted by Gasteiger charge is -2.44. The van der Waals surface area contributed by atoms with Gasteiger partial charge in [-0.15, -0.1) is 0 Å². The maximum absolute atomic E-state index is 13.7. The van der Waals surface area contributed by atoms with Gasteiger partial charge < -0.3 is 10.2 Å². The number of nitrogens with zero attached hydrogens (tertiary/aromatic N) is 1. The molecule has 23 heavy (non-hydrogen) atoms. The predicted molar refractivity (Wildman–Crippen MR) is 88.2 cm³/mol. The number of rotatable bonds is 3. The van der Waals surface area contributed by atoms with Crippen molar-refractivity contribution in [3.05, 3.63) is 64.4 Å². The molecule has 0 spiro atoms. The number of likely N-dealkylation sites (tertiary alicyclic amines) is 1. The van der Waals surface area contributed by atoms with Gasteiger partial charge in [0.2, 0.25) is 11.8 Å². The van der Waals surface area contributed by atoms with Crippen LogP contribution in [0.3, 0.4) is 0 Å². The second kappa shape index (κ2) is 6.12. The van der Waals surface area contributed by atoms with Crippen LogP contribution in [0.4, 0.5) is 10.1 Å². The normalized spacial score (nSPS) is 20.1. The molecule has 1 heterocycles. The monoisotopic (exact) mass is 376 g/mol. The van der Waals surface area contributed by atoms with E-state index in [4.69, 9.17) is 0 Å². The van der Waals surface area contributed by atoms with Gasteiger partial charge >= 0.3 is 0 Å². The van der Waals surface area contributed by atoms with Crippen molar-refractivity contribution < 1.29 is 14.0 Å². The van der Waals surface area contributed by atoms with Crippen LogP contribution in [-0.4, -0.2) is 23.8 Å². The summed E-state index contributed by atoms with van der Waals surface area (Å²) in [5.74, 6) is -2.15. The highest BCUT2D eigenvalue weighted by atomic mass is 79.9. The van der Waals surface area contributed by atoms with Crippen LogP contribution in [0.5, 0.6) is 0 Å². The van der Waals surface area contributed by atoms with Crippen LogP contribution in [0.25, 0.3) is 0 Å². The zero-order chi connectivity index (χ0) is 16.6. The third-order valence-electron chi connectivity index (χ3n) is 3.95. The minimum Gasteiger partial charge on any atom is -0.337 e. The molecule has 1 N–H and O–H groups in total. The first-order valence-corrected chi connectivity index (χ1v) is 7.86. The molecule has 0 aliphatic carbocycles. The molecular weight excluding hydrogens is 363 g/mol. The molecule has 6 heteroatoms. The molecule has 118 valence electrons. The highest BCUT2D eigenvalue weighted by Crippen LogP contribution is 2.40. The minimum atomic E-state index is -0.853. The van der Waals surface area contributed by atoms with Gasteiger partial charge in [-0.1, -0.05) is 40.2 Å². The van der Waals surface area contributed by atoms with Crippen LogP contribution in [0.1, 0.15) is 11.6 Å². The maximum Gasteiger partial charge on any atom is 0.239 e. The Balaban J connectivity index is 1.84. The Morgan fingerprint density at radius 3 is 2.65 bits per heavy atom. The molecule has 2 unspecified atom stereocenters. The van der Waals surface area contributed by atoms with Crippen molar-refractivity contribution in [2.24, 2.45) is 5.92 Å². The zero-order valence-corrected chi connectivity index (χ0v) is 13.9. The van der Waals surface area contributed by atoms with Gasteiger partial charge in [0, 0.05) is 11.5 Å². The van der Waals surface area contributed by atoms with Crippen molar-refractivity contribution in [2.75, 3.05) is 12.4 Å². The minimum absolute atomic E-state index is 0.0767. The van der Waals surface area contributed by atoms with Gasteiger partial charge in [0.05, 0.1) is 11.7 Å². The van der Waals surface area contributed by atoms with E-state index in [0.29, 0.717) is 0 Å². The van der Waals surface area contributed by atoms with Crippen LogP contribution in [0.15, 0.2) is 53.0 Å². The van der Waals surface area contributed by atoms with Gasteiger partial charge in [0.1, 0.15) is 11.7 Å². The highest BCUT2D eigenvalue weighted by Gasteiger charge is 2.50. The molecule has 2 amide bonds. The van der Waals surface area contributed by atoms with E-state index in [-0.39, 0.29) is 17.6 Å². The van der Waals surface area contributed by atoms with E-state index < -0.39 is 17.6 Å². The average molecular weight is 377 g/mol. The van der Waals surface area contributed by atoms with E-state index in [1.54, 1.807) is 13.1 Å². The summed E-state index contributed by atoms with van der Waals surface area (Å²) in [7, 11) is 1.65. The number of carbonyl (C=O) groups excluding carboxylic acids is 2. The van der Waals surface area contributed by atoms with Crippen LogP contribution >= 0.6 is 15.9 Å². The van der Waals surface area contributed by atoms with E-state index in [1.807, 2.05) is 24.3 Å². The fraction of sp³-hybridized carbons (Fsp3) is 0.176. The number of hydrogen-bond donors (Lipinski definition) is 1. The first-order chi connectivity index (χ1) is 11.0. The second-order valence-corrected chi connectivity index (χ2v) is 6.31. The molecule has 1 aliphatic heterocycles. The summed E-state index contributed by atoms with van der Waals surface area (Å²) < 4.78 is 14.5. The number of nitrogens with one attached hydrogen (secondary N) is 1. The molecule has 0 aromatic heterocycles. The van der Waals surface area contributed by atoms with Crippen molar-refractivity contribution >= 4 is 33.4 Å². The number of halogens is 2. The summed E-state index contributed by atoms with van der Waals surface area (Å²) in [4.78, 5) is 26.1. The van der Waals surface area contributed by atoms with E-state index in [2.05, 4.69) is 21.2 Å². The Morgan fingerprint density at radius 1 is 1.22 bits per heavy atom. The molecule has 2 aromatic rings.